The molecule has 1 unspecified atom stereocenters. The number of oxime groups is 1. The molecule has 0 aliphatic carbocycles. The van der Waals surface area contributed by atoms with Gasteiger partial charge in [0.15, 0.2) is 0 Å². The highest BCUT2D eigenvalue weighted by Gasteiger charge is 2.18. The van der Waals surface area contributed by atoms with Crippen LogP contribution in [-0.2, 0) is 0 Å². The van der Waals surface area contributed by atoms with Gasteiger partial charge >= 0.3 is 0 Å². The minimum atomic E-state index is -0.0227. The van der Waals surface area contributed by atoms with Gasteiger partial charge in [0.2, 0.25) is 0 Å². The van der Waals surface area contributed by atoms with Gasteiger partial charge in [0.25, 0.3) is 0 Å². The number of dihydropyridines is 1. The van der Waals surface area contributed by atoms with Crippen LogP contribution in [0.5, 0.6) is 0 Å². The van der Waals surface area contributed by atoms with Gasteiger partial charge in [-0.05, 0) is 24.0 Å². The van der Waals surface area contributed by atoms with Crippen LogP contribution in [0.4, 0.5) is 0 Å². The summed E-state index contributed by atoms with van der Waals surface area (Å²) in [6, 6.07) is -0.0227. The van der Waals surface area contributed by atoms with E-state index in [0.29, 0.717) is 18.1 Å². The van der Waals surface area contributed by atoms with Crippen LogP contribution in [-0.4, -0.2) is 17.0 Å². The standard InChI is InChI=1S/C13H20N2O/c1-5-6-12(15-16)13-7-10(4)11(8-14-13)9(2)3/h5,7-9,13-14,16H,1,6H2,2-4H3/b15-12+. The van der Waals surface area contributed by atoms with Crippen molar-refractivity contribution < 1.29 is 5.21 Å². The maximum absolute atomic E-state index is 8.92. The molecule has 1 heterocycles. The Morgan fingerprint density at radius 3 is 2.81 bits per heavy atom. The van der Waals surface area contributed by atoms with Crippen molar-refractivity contribution in [2.45, 2.75) is 33.2 Å². The van der Waals surface area contributed by atoms with Crippen LogP contribution in [0.3, 0.4) is 0 Å². The first kappa shape index (κ1) is 12.6. The lowest BCUT2D eigenvalue weighted by Crippen LogP contribution is -2.34. The molecule has 1 atom stereocenters. The molecule has 16 heavy (non-hydrogen) atoms. The number of rotatable bonds is 4. The van der Waals surface area contributed by atoms with E-state index in [1.807, 2.05) is 6.20 Å². The highest BCUT2D eigenvalue weighted by atomic mass is 16.4. The number of nitrogens with one attached hydrogen (secondary N) is 1. The van der Waals surface area contributed by atoms with Gasteiger partial charge in [-0.2, -0.15) is 0 Å². The third-order valence-corrected chi connectivity index (χ3v) is 2.75. The maximum atomic E-state index is 8.92. The summed E-state index contributed by atoms with van der Waals surface area (Å²) in [5, 5.41) is 15.5. The van der Waals surface area contributed by atoms with E-state index in [-0.39, 0.29) is 6.04 Å². The number of hydrogen-bond acceptors (Lipinski definition) is 3. The Morgan fingerprint density at radius 2 is 2.38 bits per heavy atom. The molecule has 2 N–H and O–H groups in total. The van der Waals surface area contributed by atoms with Gasteiger partial charge in [0.1, 0.15) is 0 Å². The average molecular weight is 220 g/mol. The summed E-state index contributed by atoms with van der Waals surface area (Å²) < 4.78 is 0. The Hall–Kier alpha value is -1.51. The Balaban J connectivity index is 2.82. The average Bonchev–Trinajstić information content (AvgIpc) is 2.25. The summed E-state index contributed by atoms with van der Waals surface area (Å²) in [4.78, 5) is 0. The molecule has 0 saturated carbocycles. The Morgan fingerprint density at radius 1 is 1.69 bits per heavy atom. The Kier molecular flexibility index (Phi) is 4.35. The molecule has 0 amide bonds. The molecule has 1 rings (SSSR count). The summed E-state index contributed by atoms with van der Waals surface area (Å²) in [6.07, 6.45) is 6.43. The van der Waals surface area contributed by atoms with Crippen molar-refractivity contribution in [3.05, 3.63) is 36.1 Å². The zero-order chi connectivity index (χ0) is 12.1. The van der Waals surface area contributed by atoms with E-state index in [4.69, 9.17) is 5.21 Å². The second kappa shape index (κ2) is 5.54. The van der Waals surface area contributed by atoms with Gasteiger partial charge in [0.05, 0.1) is 11.8 Å². The van der Waals surface area contributed by atoms with Crippen molar-refractivity contribution in [3.8, 4) is 0 Å². The molecule has 88 valence electrons. The molecule has 0 spiro atoms. The van der Waals surface area contributed by atoms with E-state index in [1.165, 1.54) is 11.1 Å². The molecule has 0 aromatic heterocycles. The number of allylic oxidation sites excluding steroid dienone is 3. The van der Waals surface area contributed by atoms with Crippen LogP contribution >= 0.6 is 0 Å². The first-order valence-electron chi connectivity index (χ1n) is 5.56. The predicted molar refractivity (Wildman–Crippen MR) is 67.6 cm³/mol. The van der Waals surface area contributed by atoms with Gasteiger partial charge in [-0.3, -0.25) is 0 Å². The quantitative estimate of drug-likeness (QED) is 0.331. The number of nitrogens with zero attached hydrogens (tertiary/aromatic N) is 1. The van der Waals surface area contributed by atoms with E-state index in [0.717, 1.165) is 0 Å². The lowest BCUT2D eigenvalue weighted by Gasteiger charge is -2.24. The fraction of sp³-hybridized carbons (Fsp3) is 0.462. The van der Waals surface area contributed by atoms with Crippen LogP contribution in [0.2, 0.25) is 0 Å². The van der Waals surface area contributed by atoms with Crippen LogP contribution in [0.15, 0.2) is 41.2 Å². The third kappa shape index (κ3) is 2.75. The zero-order valence-corrected chi connectivity index (χ0v) is 10.2. The molecular formula is C13H20N2O. The second-order valence-electron chi connectivity index (χ2n) is 4.33. The van der Waals surface area contributed by atoms with Gasteiger partial charge < -0.3 is 10.5 Å². The Labute approximate surface area is 97.2 Å². The van der Waals surface area contributed by atoms with E-state index in [1.54, 1.807) is 6.08 Å². The van der Waals surface area contributed by atoms with Gasteiger partial charge in [-0.1, -0.05) is 31.2 Å². The third-order valence-electron chi connectivity index (χ3n) is 2.75. The van der Waals surface area contributed by atoms with Gasteiger partial charge in [0, 0.05) is 12.6 Å². The highest BCUT2D eigenvalue weighted by molar-refractivity contribution is 5.92. The summed E-state index contributed by atoms with van der Waals surface area (Å²) in [5.74, 6) is 0.499. The van der Waals surface area contributed by atoms with Crippen molar-refractivity contribution in [3.63, 3.8) is 0 Å². The minimum Gasteiger partial charge on any atom is -0.411 e. The van der Waals surface area contributed by atoms with Crippen molar-refractivity contribution in [2.75, 3.05) is 0 Å². The summed E-state index contributed by atoms with van der Waals surface area (Å²) in [6.45, 7) is 10.1. The molecule has 0 bridgehead atoms. The molecular weight excluding hydrogens is 200 g/mol. The van der Waals surface area contributed by atoms with E-state index in [9.17, 15) is 0 Å². The van der Waals surface area contributed by atoms with Crippen LogP contribution in [0, 0.1) is 5.92 Å². The van der Waals surface area contributed by atoms with Crippen molar-refractivity contribution in [2.24, 2.45) is 11.1 Å². The minimum absolute atomic E-state index is 0.0227. The van der Waals surface area contributed by atoms with Crippen LogP contribution < -0.4 is 5.32 Å². The fourth-order valence-electron chi connectivity index (χ4n) is 1.88. The Bertz CT molecular complexity index is 351. The van der Waals surface area contributed by atoms with E-state index < -0.39 is 0 Å². The monoisotopic (exact) mass is 220 g/mol. The molecule has 1 aliphatic rings. The lowest BCUT2D eigenvalue weighted by molar-refractivity contribution is 0.316. The fourth-order valence-corrected chi connectivity index (χ4v) is 1.88. The molecule has 0 fully saturated rings. The smallest absolute Gasteiger partial charge is 0.0869 e. The topological polar surface area (TPSA) is 44.6 Å². The highest BCUT2D eigenvalue weighted by Crippen LogP contribution is 2.22. The van der Waals surface area contributed by atoms with Crippen LogP contribution in [0.25, 0.3) is 0 Å². The SMILES string of the molecule is C=CC/C(=N\O)C1C=C(C)C(C(C)C)=CN1. The van der Waals surface area contributed by atoms with Crippen LogP contribution in [0.1, 0.15) is 27.2 Å². The summed E-state index contributed by atoms with van der Waals surface area (Å²) >= 11 is 0. The van der Waals surface area contributed by atoms with Crippen molar-refractivity contribution >= 4 is 5.71 Å². The normalized spacial score (nSPS) is 21.2. The predicted octanol–water partition coefficient (Wildman–Crippen LogP) is 2.85. The first-order valence-corrected chi connectivity index (χ1v) is 5.56. The molecule has 1 aliphatic heterocycles. The van der Waals surface area contributed by atoms with E-state index in [2.05, 4.69) is 43.9 Å². The lowest BCUT2D eigenvalue weighted by atomic mass is 9.92. The maximum Gasteiger partial charge on any atom is 0.0869 e. The van der Waals surface area contributed by atoms with Crippen molar-refractivity contribution in [1.29, 1.82) is 0 Å². The molecule has 0 aromatic rings. The van der Waals surface area contributed by atoms with Crippen molar-refractivity contribution in [1.82, 2.24) is 5.32 Å². The molecule has 0 radical (unpaired) electrons. The molecule has 3 nitrogen and oxygen atoms in total. The molecule has 3 heteroatoms. The largest absolute Gasteiger partial charge is 0.411 e. The second-order valence-corrected chi connectivity index (χ2v) is 4.33. The number of hydrogen-bond donors (Lipinski definition) is 2. The molecule has 0 aromatic carbocycles. The summed E-state index contributed by atoms with van der Waals surface area (Å²) in [5.41, 5.74) is 3.23. The summed E-state index contributed by atoms with van der Waals surface area (Å²) in [7, 11) is 0. The molecule has 0 saturated heterocycles. The van der Waals surface area contributed by atoms with Gasteiger partial charge in [-0.25, -0.2) is 0 Å². The van der Waals surface area contributed by atoms with E-state index >= 15 is 0 Å². The van der Waals surface area contributed by atoms with Gasteiger partial charge in [-0.15, -0.1) is 6.58 Å². The zero-order valence-electron chi connectivity index (χ0n) is 10.2. The first-order chi connectivity index (χ1) is 7.60.